The largest absolute Gasteiger partial charge is 0.430 e. The molecule has 4 N–H and O–H groups in total. The Morgan fingerprint density at radius 2 is 1.60 bits per heavy atom. The van der Waals surface area contributed by atoms with Crippen molar-refractivity contribution in [1.29, 1.82) is 0 Å². The molecule has 0 saturated carbocycles. The molecule has 2 aromatic rings. The first kappa shape index (κ1) is 33.1. The maximum Gasteiger partial charge on any atom is 0.430 e. The summed E-state index contributed by atoms with van der Waals surface area (Å²) in [6, 6.07) is 3.64. The number of aliphatic hydroxyl groups is 1. The van der Waals surface area contributed by atoms with Crippen molar-refractivity contribution in [1.82, 2.24) is 5.32 Å². The van der Waals surface area contributed by atoms with Gasteiger partial charge in [0, 0.05) is 12.0 Å². The van der Waals surface area contributed by atoms with E-state index < -0.39 is 80.0 Å². The highest BCUT2D eigenvalue weighted by Crippen LogP contribution is 2.51. The molecule has 2 atom stereocenters. The number of anilines is 1. The Bertz CT molecular complexity index is 1450. The van der Waals surface area contributed by atoms with Crippen LogP contribution in [0.25, 0.3) is 0 Å². The number of hydrogen-bond donors (Lipinski definition) is 3. The number of benzene rings is 2. The fourth-order valence-corrected chi connectivity index (χ4v) is 6.34. The van der Waals surface area contributed by atoms with Crippen LogP contribution < -0.4 is 15.4 Å². The van der Waals surface area contributed by atoms with Gasteiger partial charge in [0.15, 0.2) is 0 Å². The Kier molecular flexibility index (Phi) is 8.69. The number of halogens is 7. The minimum absolute atomic E-state index is 0.254. The van der Waals surface area contributed by atoms with Crippen LogP contribution in [0.4, 0.5) is 36.4 Å². The summed E-state index contributed by atoms with van der Waals surface area (Å²) in [5, 5.41) is 12.3. The van der Waals surface area contributed by atoms with Crippen LogP contribution in [0.5, 0.6) is 0 Å². The maximum atomic E-state index is 13.7. The van der Waals surface area contributed by atoms with Gasteiger partial charge in [-0.15, -0.1) is 0 Å². The molecule has 1 aliphatic rings. The number of aryl methyl sites for hydroxylation is 1. The SMILES string of the molecule is CC(C)C(C)(NC(=O)C[C@@H]1CCc2cc(C(O)(C(F)(F)F)C(F)(F)F)ccc2N1S(=O)(=O)c1ccc(F)cc1)C(N)=O. The molecular formula is C26H28F7N3O5S. The number of amides is 2. The zero-order chi connectivity index (χ0) is 32.1. The average molecular weight is 628 g/mol. The van der Waals surface area contributed by atoms with Crippen LogP contribution in [0.3, 0.4) is 0 Å². The second kappa shape index (κ2) is 11.0. The summed E-state index contributed by atoms with van der Waals surface area (Å²) in [6.07, 6.45) is -13.4. The van der Waals surface area contributed by atoms with Gasteiger partial charge < -0.3 is 16.2 Å². The molecule has 0 bridgehead atoms. The molecule has 3 rings (SSSR count). The second-order valence-corrected chi connectivity index (χ2v) is 12.3. The van der Waals surface area contributed by atoms with Crippen molar-refractivity contribution < 1.29 is 53.8 Å². The summed E-state index contributed by atoms with van der Waals surface area (Å²) in [5.41, 5.74) is -3.55. The normalized spacial score (nSPS) is 17.9. The quantitative estimate of drug-likeness (QED) is 0.381. The van der Waals surface area contributed by atoms with Gasteiger partial charge in [-0.3, -0.25) is 13.9 Å². The summed E-state index contributed by atoms with van der Waals surface area (Å²) in [4.78, 5) is 24.6. The van der Waals surface area contributed by atoms with E-state index in [0.717, 1.165) is 24.3 Å². The lowest BCUT2D eigenvalue weighted by molar-refractivity contribution is -0.376. The van der Waals surface area contributed by atoms with Crippen LogP contribution >= 0.6 is 0 Å². The molecule has 0 radical (unpaired) electrons. The van der Waals surface area contributed by atoms with Crippen LogP contribution in [0.2, 0.25) is 0 Å². The monoisotopic (exact) mass is 627 g/mol. The van der Waals surface area contributed by atoms with E-state index in [1.807, 2.05) is 0 Å². The standard InChI is InChI=1S/C26H28F7N3O5S/c1-14(2)23(3,22(34)38)35-21(37)13-18-8-4-15-12-16(24(39,25(28,29)30)26(31,32)33)5-11-20(15)36(18)42(40,41)19-9-6-17(27)7-10-19/h5-7,9-12,14,18,39H,4,8,13H2,1-3H3,(H2,34,38)(H,35,37)/t18-,23?/m0/s1. The Hall–Kier alpha value is -3.40. The fraction of sp³-hybridized carbons (Fsp3) is 0.462. The summed E-state index contributed by atoms with van der Waals surface area (Å²) < 4.78 is 123. The van der Waals surface area contributed by atoms with E-state index in [9.17, 15) is 53.8 Å². The van der Waals surface area contributed by atoms with Gasteiger partial charge in [0.05, 0.1) is 16.6 Å². The third-order valence-electron chi connectivity index (χ3n) is 7.49. The Morgan fingerprint density at radius 3 is 2.07 bits per heavy atom. The minimum Gasteiger partial charge on any atom is -0.369 e. The van der Waals surface area contributed by atoms with E-state index in [2.05, 4.69) is 5.32 Å². The molecule has 2 aromatic carbocycles. The lowest BCUT2D eigenvalue weighted by atomic mass is 9.86. The van der Waals surface area contributed by atoms with Gasteiger partial charge in [-0.1, -0.05) is 26.0 Å². The molecule has 16 heteroatoms. The number of fused-ring (bicyclic) bond motifs is 1. The van der Waals surface area contributed by atoms with E-state index in [-0.39, 0.29) is 24.1 Å². The number of rotatable bonds is 8. The molecule has 0 spiro atoms. The molecule has 1 heterocycles. The predicted molar refractivity (Wildman–Crippen MR) is 136 cm³/mol. The summed E-state index contributed by atoms with van der Waals surface area (Å²) >= 11 is 0. The molecule has 42 heavy (non-hydrogen) atoms. The Balaban J connectivity index is 2.15. The number of carbonyl (C=O) groups excluding carboxylic acids is 2. The van der Waals surface area contributed by atoms with E-state index in [4.69, 9.17) is 5.73 Å². The van der Waals surface area contributed by atoms with E-state index in [1.165, 1.54) is 6.92 Å². The molecule has 1 aliphatic heterocycles. The van der Waals surface area contributed by atoms with Crippen molar-refractivity contribution >= 4 is 27.5 Å². The van der Waals surface area contributed by atoms with Crippen molar-refractivity contribution in [3.05, 3.63) is 59.4 Å². The lowest BCUT2D eigenvalue weighted by Gasteiger charge is -2.39. The summed E-state index contributed by atoms with van der Waals surface area (Å²) in [7, 11) is -4.68. The van der Waals surface area contributed by atoms with Crippen molar-refractivity contribution in [3.8, 4) is 0 Å². The molecule has 0 saturated heterocycles. The van der Waals surface area contributed by atoms with Crippen molar-refractivity contribution in [2.24, 2.45) is 11.7 Å². The number of primary amides is 1. The van der Waals surface area contributed by atoms with Crippen LogP contribution in [-0.4, -0.2) is 49.3 Å². The minimum atomic E-state index is -6.17. The number of hydrogen-bond acceptors (Lipinski definition) is 5. The highest BCUT2D eigenvalue weighted by atomic mass is 32.2. The smallest absolute Gasteiger partial charge is 0.369 e. The number of nitrogens with two attached hydrogens (primary N) is 1. The number of sulfonamides is 1. The van der Waals surface area contributed by atoms with Gasteiger partial charge in [-0.2, -0.15) is 26.3 Å². The Labute approximate surface area is 236 Å². The van der Waals surface area contributed by atoms with Gasteiger partial charge >= 0.3 is 12.4 Å². The summed E-state index contributed by atoms with van der Waals surface area (Å²) in [6.45, 7) is 4.58. The lowest BCUT2D eigenvalue weighted by Crippen LogP contribution is -2.59. The molecule has 8 nitrogen and oxygen atoms in total. The zero-order valence-electron chi connectivity index (χ0n) is 22.5. The van der Waals surface area contributed by atoms with E-state index in [1.54, 1.807) is 13.8 Å². The van der Waals surface area contributed by atoms with E-state index >= 15 is 0 Å². The average Bonchev–Trinajstić information content (AvgIpc) is 2.86. The third-order valence-corrected chi connectivity index (χ3v) is 9.37. The molecule has 1 unspecified atom stereocenters. The van der Waals surface area contributed by atoms with E-state index in [0.29, 0.717) is 22.5 Å². The highest BCUT2D eigenvalue weighted by Gasteiger charge is 2.71. The summed E-state index contributed by atoms with van der Waals surface area (Å²) in [5.74, 6) is -2.95. The van der Waals surface area contributed by atoms with Crippen LogP contribution in [0.1, 0.15) is 44.7 Å². The number of alkyl halides is 6. The fourth-order valence-electron chi connectivity index (χ4n) is 4.63. The van der Waals surface area contributed by atoms with Crippen LogP contribution in [-0.2, 0) is 31.6 Å². The molecule has 0 fully saturated rings. The molecule has 0 aliphatic carbocycles. The van der Waals surface area contributed by atoms with Crippen LogP contribution in [0.15, 0.2) is 47.4 Å². The third kappa shape index (κ3) is 5.78. The van der Waals surface area contributed by atoms with Crippen molar-refractivity contribution in [2.45, 2.75) is 74.5 Å². The van der Waals surface area contributed by atoms with Crippen LogP contribution in [0, 0.1) is 11.7 Å². The first-order valence-electron chi connectivity index (χ1n) is 12.5. The van der Waals surface area contributed by atoms with Crippen molar-refractivity contribution in [3.63, 3.8) is 0 Å². The number of carbonyl (C=O) groups is 2. The second-order valence-electron chi connectivity index (χ2n) is 10.5. The molecule has 232 valence electrons. The Morgan fingerprint density at radius 1 is 1.05 bits per heavy atom. The highest BCUT2D eigenvalue weighted by molar-refractivity contribution is 7.92. The number of nitrogens with zero attached hydrogens (tertiary/aromatic N) is 1. The first-order chi connectivity index (χ1) is 19.1. The van der Waals surface area contributed by atoms with Gasteiger partial charge in [-0.05, 0) is 61.6 Å². The molecular weight excluding hydrogens is 599 g/mol. The van der Waals surface area contributed by atoms with Gasteiger partial charge in [0.25, 0.3) is 15.6 Å². The molecule has 0 aromatic heterocycles. The van der Waals surface area contributed by atoms with Crippen molar-refractivity contribution in [2.75, 3.05) is 4.31 Å². The van der Waals surface area contributed by atoms with Gasteiger partial charge in [-0.25, -0.2) is 12.8 Å². The maximum absolute atomic E-state index is 13.7. The topological polar surface area (TPSA) is 130 Å². The number of nitrogens with one attached hydrogen (secondary N) is 1. The van der Waals surface area contributed by atoms with Gasteiger partial charge in [0.2, 0.25) is 11.8 Å². The van der Waals surface area contributed by atoms with Gasteiger partial charge in [0.1, 0.15) is 11.4 Å². The first-order valence-corrected chi connectivity index (χ1v) is 13.9. The molecule has 2 amide bonds. The predicted octanol–water partition coefficient (Wildman–Crippen LogP) is 4.05. The zero-order valence-corrected chi connectivity index (χ0v) is 23.3.